The summed E-state index contributed by atoms with van der Waals surface area (Å²) in [4.78, 5) is 19.7. The number of nitrogens with zero attached hydrogens (tertiary/aromatic N) is 5. The third kappa shape index (κ3) is 6.83. The summed E-state index contributed by atoms with van der Waals surface area (Å²) in [5, 5.41) is 5.15. The maximum absolute atomic E-state index is 6.14. The predicted molar refractivity (Wildman–Crippen MR) is 150 cm³/mol. The second-order valence-corrected chi connectivity index (χ2v) is 9.12. The van der Waals surface area contributed by atoms with E-state index in [1.54, 1.807) is 36.7 Å². The first-order valence-corrected chi connectivity index (χ1v) is 12.9. The fraction of sp³-hybridized carbons (Fsp3) is 0.286. The Morgan fingerprint density at radius 1 is 1.03 bits per heavy atom. The molecular weight excluding hydrogens is 518 g/mol. The van der Waals surface area contributed by atoms with Gasteiger partial charge in [-0.1, -0.05) is 23.6 Å². The monoisotopic (exact) mass is 545 g/mol. The van der Waals surface area contributed by atoms with Gasteiger partial charge in [-0.05, 0) is 18.1 Å². The van der Waals surface area contributed by atoms with Crippen LogP contribution in [-0.2, 0) is 11.3 Å². The van der Waals surface area contributed by atoms with E-state index in [2.05, 4.69) is 42.0 Å². The number of halogens is 1. The number of fused-ring (bicyclic) bond motifs is 1. The van der Waals surface area contributed by atoms with Crippen LogP contribution in [0, 0.1) is 11.8 Å². The van der Waals surface area contributed by atoms with Crippen LogP contribution in [0.15, 0.2) is 48.9 Å². The Kier molecular flexibility index (Phi) is 8.53. The average Bonchev–Trinajstić information content (AvgIpc) is 2.95. The van der Waals surface area contributed by atoms with Gasteiger partial charge in [0.1, 0.15) is 41.4 Å². The number of pyridine rings is 4. The number of hydrogen-bond donors (Lipinski definition) is 2. The van der Waals surface area contributed by atoms with Gasteiger partial charge in [-0.25, -0.2) is 19.9 Å². The topological polar surface area (TPSA) is 121 Å². The van der Waals surface area contributed by atoms with E-state index in [0.717, 1.165) is 35.0 Å². The molecule has 11 heteroatoms. The minimum Gasteiger partial charge on any atom is -0.490 e. The molecule has 0 bridgehead atoms. The van der Waals surface area contributed by atoms with Crippen LogP contribution in [0.4, 0.5) is 11.6 Å². The third-order valence-corrected chi connectivity index (χ3v) is 6.29. The lowest BCUT2D eigenvalue weighted by Gasteiger charge is -2.27. The Labute approximate surface area is 231 Å². The number of rotatable bonds is 8. The van der Waals surface area contributed by atoms with Crippen molar-refractivity contribution < 1.29 is 14.2 Å². The van der Waals surface area contributed by atoms with Crippen molar-refractivity contribution in [1.29, 1.82) is 0 Å². The van der Waals surface area contributed by atoms with E-state index in [4.69, 9.17) is 31.5 Å². The van der Waals surface area contributed by atoms with E-state index >= 15 is 0 Å². The number of anilines is 2. The summed E-state index contributed by atoms with van der Waals surface area (Å²) in [6, 6.07) is 8.89. The molecule has 0 spiro atoms. The van der Waals surface area contributed by atoms with Gasteiger partial charge in [0.2, 0.25) is 5.88 Å². The molecule has 1 saturated heterocycles. The lowest BCUT2D eigenvalue weighted by atomic mass is 10.1. The van der Waals surface area contributed by atoms with E-state index in [-0.39, 0.29) is 0 Å². The molecule has 0 amide bonds. The number of ether oxygens (including phenoxy) is 3. The third-order valence-electron chi connectivity index (χ3n) is 6.08. The van der Waals surface area contributed by atoms with Gasteiger partial charge in [0, 0.05) is 73.7 Å². The van der Waals surface area contributed by atoms with Crippen LogP contribution in [0.3, 0.4) is 0 Å². The van der Waals surface area contributed by atoms with E-state index in [1.165, 1.54) is 0 Å². The van der Waals surface area contributed by atoms with Crippen molar-refractivity contribution in [2.45, 2.75) is 6.54 Å². The fourth-order valence-corrected chi connectivity index (χ4v) is 4.29. The summed E-state index contributed by atoms with van der Waals surface area (Å²) < 4.78 is 17.3. The van der Waals surface area contributed by atoms with Crippen molar-refractivity contribution in [3.63, 3.8) is 0 Å². The fourth-order valence-electron chi connectivity index (χ4n) is 4.14. The van der Waals surface area contributed by atoms with Crippen molar-refractivity contribution >= 4 is 34.0 Å². The zero-order valence-corrected chi connectivity index (χ0v) is 22.2. The highest BCUT2D eigenvalue weighted by Crippen LogP contribution is 2.25. The number of nitrogens with two attached hydrogens (primary N) is 1. The van der Waals surface area contributed by atoms with Gasteiger partial charge in [-0.15, -0.1) is 0 Å². The van der Waals surface area contributed by atoms with Gasteiger partial charge in [0.15, 0.2) is 0 Å². The van der Waals surface area contributed by atoms with Gasteiger partial charge in [-0.3, -0.25) is 4.90 Å². The first-order chi connectivity index (χ1) is 19.1. The minimum atomic E-state index is 0.304. The van der Waals surface area contributed by atoms with Crippen LogP contribution < -0.4 is 20.5 Å². The van der Waals surface area contributed by atoms with E-state index in [9.17, 15) is 0 Å². The molecule has 0 unspecified atom stereocenters. The summed E-state index contributed by atoms with van der Waals surface area (Å²) in [7, 11) is 1.81. The number of nitrogen functional groups attached to an aromatic ring is 1. The van der Waals surface area contributed by atoms with Crippen LogP contribution in [0.5, 0.6) is 11.6 Å². The average molecular weight is 546 g/mol. The van der Waals surface area contributed by atoms with Gasteiger partial charge in [-0.2, -0.15) is 0 Å². The molecule has 1 fully saturated rings. The van der Waals surface area contributed by atoms with Crippen molar-refractivity contribution in [2.24, 2.45) is 0 Å². The molecular formula is C28H28ClN7O3. The highest BCUT2D eigenvalue weighted by atomic mass is 35.5. The molecule has 0 atom stereocenters. The Hall–Kier alpha value is -4.17. The molecule has 1 aliphatic rings. The Morgan fingerprint density at radius 2 is 1.87 bits per heavy atom. The summed E-state index contributed by atoms with van der Waals surface area (Å²) in [5.74, 6) is 8.61. The van der Waals surface area contributed by atoms with Gasteiger partial charge in [0.25, 0.3) is 0 Å². The summed E-state index contributed by atoms with van der Waals surface area (Å²) in [6.07, 6.45) is 5.23. The highest BCUT2D eigenvalue weighted by molar-refractivity contribution is 6.29. The van der Waals surface area contributed by atoms with E-state index in [0.29, 0.717) is 67.1 Å². The minimum absolute atomic E-state index is 0.304. The Balaban J connectivity index is 1.37. The molecule has 3 N–H and O–H groups in total. The largest absolute Gasteiger partial charge is 0.490 e. The first-order valence-electron chi connectivity index (χ1n) is 12.5. The lowest BCUT2D eigenvalue weighted by Crippen LogP contribution is -2.35. The Bertz CT molecular complexity index is 1520. The molecule has 0 aliphatic carbocycles. The van der Waals surface area contributed by atoms with E-state index < -0.39 is 0 Å². The van der Waals surface area contributed by atoms with Crippen LogP contribution in [0.25, 0.3) is 10.8 Å². The molecule has 10 nitrogen and oxygen atoms in total. The maximum atomic E-state index is 6.14. The van der Waals surface area contributed by atoms with Gasteiger partial charge >= 0.3 is 0 Å². The molecule has 4 aromatic heterocycles. The maximum Gasteiger partial charge on any atom is 0.214 e. The number of aromatic nitrogens is 4. The SMILES string of the molecule is CNc1ncc(C#Cc2cc(OCCOc3cccc(Cl)n3)c(CN3CCOCC3)cn2)c2cc(N)ncc12. The first kappa shape index (κ1) is 26.4. The van der Waals surface area contributed by atoms with E-state index in [1.807, 2.05) is 19.3 Å². The van der Waals surface area contributed by atoms with Gasteiger partial charge < -0.3 is 25.3 Å². The molecule has 39 heavy (non-hydrogen) atoms. The molecule has 0 saturated carbocycles. The van der Waals surface area contributed by atoms with Crippen molar-refractivity contribution in [3.05, 3.63) is 70.9 Å². The van der Waals surface area contributed by atoms with Crippen molar-refractivity contribution in [3.8, 4) is 23.5 Å². The molecule has 1 aliphatic heterocycles. The van der Waals surface area contributed by atoms with Crippen LogP contribution >= 0.6 is 11.6 Å². The molecule has 5 heterocycles. The molecule has 4 aromatic rings. The normalized spacial score (nSPS) is 13.5. The predicted octanol–water partition coefficient (Wildman–Crippen LogP) is 3.39. The number of hydrogen-bond acceptors (Lipinski definition) is 10. The quantitative estimate of drug-likeness (QED) is 0.193. The molecule has 200 valence electrons. The summed E-state index contributed by atoms with van der Waals surface area (Å²) in [6.45, 7) is 4.44. The van der Waals surface area contributed by atoms with Crippen molar-refractivity contribution in [2.75, 3.05) is 57.6 Å². The molecule has 0 radical (unpaired) electrons. The van der Waals surface area contributed by atoms with Crippen LogP contribution in [0.1, 0.15) is 16.8 Å². The summed E-state index contributed by atoms with van der Waals surface area (Å²) in [5.41, 5.74) is 8.21. The smallest absolute Gasteiger partial charge is 0.214 e. The van der Waals surface area contributed by atoms with Crippen LogP contribution in [-0.4, -0.2) is 71.4 Å². The lowest BCUT2D eigenvalue weighted by molar-refractivity contribution is 0.0337. The number of morpholine rings is 1. The molecule has 0 aromatic carbocycles. The standard InChI is InChI=1S/C28H28ClN7O3/c1-31-28-23-17-33-26(30)14-22(23)19(15-34-28)5-6-21-13-24(20(16-32-21)18-36-7-9-37-10-8-36)38-11-12-39-27-4-2-3-25(29)35-27/h2-4,13-17H,7-12,18H2,1H3,(H2,30,33)(H,31,34). The Morgan fingerprint density at radius 3 is 2.69 bits per heavy atom. The second-order valence-electron chi connectivity index (χ2n) is 8.74. The molecule has 5 rings (SSSR count). The number of nitrogens with one attached hydrogen (secondary N) is 1. The van der Waals surface area contributed by atoms with Crippen LogP contribution in [0.2, 0.25) is 5.15 Å². The second kappa shape index (κ2) is 12.6. The highest BCUT2D eigenvalue weighted by Gasteiger charge is 2.15. The van der Waals surface area contributed by atoms with Gasteiger partial charge in [0.05, 0.1) is 18.8 Å². The van der Waals surface area contributed by atoms with Crippen molar-refractivity contribution in [1.82, 2.24) is 24.8 Å². The zero-order valence-electron chi connectivity index (χ0n) is 21.5. The zero-order chi connectivity index (χ0) is 27.0. The summed E-state index contributed by atoms with van der Waals surface area (Å²) >= 11 is 5.94.